The van der Waals surface area contributed by atoms with E-state index in [0.717, 1.165) is 0 Å². The molecule has 1 aromatic rings. The summed E-state index contributed by atoms with van der Waals surface area (Å²) in [5.41, 5.74) is 0.407. The van der Waals surface area contributed by atoms with Crippen molar-refractivity contribution in [3.05, 3.63) is 30.1 Å². The SMILES string of the molecule is CC(O)CNCCNC(=O)Nc1cccc(F)c1. The van der Waals surface area contributed by atoms with E-state index in [2.05, 4.69) is 16.0 Å². The van der Waals surface area contributed by atoms with Gasteiger partial charge in [-0.05, 0) is 25.1 Å². The number of amides is 2. The van der Waals surface area contributed by atoms with E-state index in [4.69, 9.17) is 5.11 Å². The standard InChI is InChI=1S/C12H18FN3O2/c1-9(17)8-14-5-6-15-12(18)16-11-4-2-3-10(13)7-11/h2-4,7,9,14,17H,5-6,8H2,1H3,(H2,15,16,18). The molecule has 0 radical (unpaired) electrons. The van der Waals surface area contributed by atoms with E-state index in [1.807, 2.05) is 0 Å². The number of hydrogen-bond donors (Lipinski definition) is 4. The second-order valence-electron chi connectivity index (χ2n) is 3.94. The third kappa shape index (κ3) is 6.17. The lowest BCUT2D eigenvalue weighted by Crippen LogP contribution is -2.36. The monoisotopic (exact) mass is 255 g/mol. The normalized spacial score (nSPS) is 11.9. The zero-order valence-corrected chi connectivity index (χ0v) is 10.2. The van der Waals surface area contributed by atoms with E-state index in [1.54, 1.807) is 13.0 Å². The van der Waals surface area contributed by atoms with Crippen LogP contribution in [0.4, 0.5) is 14.9 Å². The van der Waals surface area contributed by atoms with Crippen LogP contribution in [0, 0.1) is 5.82 Å². The van der Waals surface area contributed by atoms with Crippen molar-refractivity contribution in [3.8, 4) is 0 Å². The highest BCUT2D eigenvalue weighted by molar-refractivity contribution is 5.89. The molecule has 100 valence electrons. The topological polar surface area (TPSA) is 73.4 Å². The highest BCUT2D eigenvalue weighted by Crippen LogP contribution is 2.08. The summed E-state index contributed by atoms with van der Waals surface area (Å²) < 4.78 is 12.8. The molecular weight excluding hydrogens is 237 g/mol. The molecular formula is C12H18FN3O2. The minimum absolute atomic E-state index is 0.389. The van der Waals surface area contributed by atoms with Gasteiger partial charge in [-0.25, -0.2) is 9.18 Å². The van der Waals surface area contributed by atoms with Crippen molar-refractivity contribution in [1.82, 2.24) is 10.6 Å². The number of benzene rings is 1. The fraction of sp³-hybridized carbons (Fsp3) is 0.417. The summed E-state index contributed by atoms with van der Waals surface area (Å²) in [7, 11) is 0. The highest BCUT2D eigenvalue weighted by Gasteiger charge is 2.01. The van der Waals surface area contributed by atoms with Crippen LogP contribution in [0.25, 0.3) is 0 Å². The predicted octanol–water partition coefficient (Wildman–Crippen LogP) is 0.918. The molecule has 18 heavy (non-hydrogen) atoms. The van der Waals surface area contributed by atoms with Gasteiger partial charge in [-0.3, -0.25) is 0 Å². The number of urea groups is 1. The molecule has 1 aromatic carbocycles. The summed E-state index contributed by atoms with van der Waals surface area (Å²) in [5, 5.41) is 17.1. The second-order valence-corrected chi connectivity index (χ2v) is 3.94. The van der Waals surface area contributed by atoms with Crippen LogP contribution < -0.4 is 16.0 Å². The molecule has 0 aliphatic heterocycles. The summed E-state index contributed by atoms with van der Waals surface area (Å²) in [6, 6.07) is 5.29. The van der Waals surface area contributed by atoms with Crippen LogP contribution in [0.3, 0.4) is 0 Å². The summed E-state index contributed by atoms with van der Waals surface area (Å²) in [6.07, 6.45) is -0.411. The average molecular weight is 255 g/mol. The van der Waals surface area contributed by atoms with Crippen LogP contribution >= 0.6 is 0 Å². The first-order chi connectivity index (χ1) is 8.58. The van der Waals surface area contributed by atoms with Gasteiger partial charge < -0.3 is 21.1 Å². The molecule has 0 saturated carbocycles. The molecule has 0 aromatic heterocycles. The molecule has 4 N–H and O–H groups in total. The third-order valence-corrected chi connectivity index (χ3v) is 2.11. The Balaban J connectivity index is 2.18. The number of halogens is 1. The smallest absolute Gasteiger partial charge is 0.319 e. The maximum Gasteiger partial charge on any atom is 0.319 e. The van der Waals surface area contributed by atoms with Crippen LogP contribution in [-0.2, 0) is 0 Å². The van der Waals surface area contributed by atoms with Gasteiger partial charge in [0.2, 0.25) is 0 Å². The maximum absolute atomic E-state index is 12.8. The first-order valence-electron chi connectivity index (χ1n) is 5.77. The Kier molecular flexibility index (Phi) is 6.10. The number of hydrogen-bond acceptors (Lipinski definition) is 3. The number of aliphatic hydroxyl groups is 1. The van der Waals surface area contributed by atoms with Gasteiger partial charge in [0.1, 0.15) is 5.82 Å². The first-order valence-corrected chi connectivity index (χ1v) is 5.77. The molecule has 0 aliphatic carbocycles. The van der Waals surface area contributed by atoms with Gasteiger partial charge >= 0.3 is 6.03 Å². The van der Waals surface area contributed by atoms with E-state index >= 15 is 0 Å². The van der Waals surface area contributed by atoms with Crippen LogP contribution in [0.2, 0.25) is 0 Å². The molecule has 0 fully saturated rings. The summed E-state index contributed by atoms with van der Waals surface area (Å²) in [4.78, 5) is 11.4. The van der Waals surface area contributed by atoms with Gasteiger partial charge in [0.15, 0.2) is 0 Å². The molecule has 0 aliphatic rings. The van der Waals surface area contributed by atoms with Crippen molar-refractivity contribution in [2.75, 3.05) is 25.0 Å². The first kappa shape index (κ1) is 14.4. The van der Waals surface area contributed by atoms with Gasteiger partial charge in [0, 0.05) is 25.3 Å². The fourth-order valence-electron chi connectivity index (χ4n) is 1.32. The largest absolute Gasteiger partial charge is 0.392 e. The van der Waals surface area contributed by atoms with E-state index in [0.29, 0.717) is 25.3 Å². The Bertz CT molecular complexity index is 385. The number of nitrogens with one attached hydrogen (secondary N) is 3. The number of rotatable bonds is 6. The van der Waals surface area contributed by atoms with Crippen LogP contribution in [0.1, 0.15) is 6.92 Å². The Morgan fingerprint density at radius 2 is 2.22 bits per heavy atom. The molecule has 0 spiro atoms. The molecule has 0 saturated heterocycles. The third-order valence-electron chi connectivity index (χ3n) is 2.11. The maximum atomic E-state index is 12.8. The van der Waals surface area contributed by atoms with Gasteiger partial charge in [-0.1, -0.05) is 6.07 Å². The molecule has 1 unspecified atom stereocenters. The lowest BCUT2D eigenvalue weighted by atomic mass is 10.3. The van der Waals surface area contributed by atoms with Gasteiger partial charge in [0.05, 0.1) is 6.10 Å². The van der Waals surface area contributed by atoms with Gasteiger partial charge in [0.25, 0.3) is 0 Å². The molecule has 2 amide bonds. The van der Waals surface area contributed by atoms with Crippen molar-refractivity contribution >= 4 is 11.7 Å². The Labute approximate surface area is 105 Å². The lowest BCUT2D eigenvalue weighted by molar-refractivity contribution is 0.191. The average Bonchev–Trinajstić information content (AvgIpc) is 2.28. The van der Waals surface area contributed by atoms with Crippen LogP contribution in [0.15, 0.2) is 24.3 Å². The highest BCUT2D eigenvalue weighted by atomic mass is 19.1. The summed E-state index contributed by atoms with van der Waals surface area (Å²) in [5.74, 6) is -0.397. The van der Waals surface area contributed by atoms with E-state index in [1.165, 1.54) is 18.2 Å². The number of anilines is 1. The summed E-state index contributed by atoms with van der Waals surface area (Å²) in [6.45, 7) is 3.14. The fourth-order valence-corrected chi connectivity index (χ4v) is 1.32. The minimum atomic E-state index is -0.411. The molecule has 5 nitrogen and oxygen atoms in total. The molecule has 1 rings (SSSR count). The molecule has 1 atom stereocenters. The van der Waals surface area contributed by atoms with Gasteiger partial charge in [-0.2, -0.15) is 0 Å². The number of carbonyl (C=O) groups excluding carboxylic acids is 1. The second kappa shape index (κ2) is 7.62. The van der Waals surface area contributed by atoms with E-state index in [-0.39, 0.29) is 6.03 Å². The van der Waals surface area contributed by atoms with Crippen molar-refractivity contribution in [3.63, 3.8) is 0 Å². The van der Waals surface area contributed by atoms with Crippen molar-refractivity contribution in [2.24, 2.45) is 0 Å². The van der Waals surface area contributed by atoms with Crippen molar-refractivity contribution in [1.29, 1.82) is 0 Å². The molecule has 0 heterocycles. The number of carbonyl (C=O) groups is 1. The number of aliphatic hydroxyl groups excluding tert-OH is 1. The minimum Gasteiger partial charge on any atom is -0.392 e. The quantitative estimate of drug-likeness (QED) is 0.571. The van der Waals surface area contributed by atoms with E-state index in [9.17, 15) is 9.18 Å². The Morgan fingerprint density at radius 3 is 2.89 bits per heavy atom. The lowest BCUT2D eigenvalue weighted by Gasteiger charge is -2.09. The zero-order chi connectivity index (χ0) is 13.4. The Morgan fingerprint density at radius 1 is 1.44 bits per heavy atom. The molecule has 6 heteroatoms. The zero-order valence-electron chi connectivity index (χ0n) is 10.2. The summed E-state index contributed by atoms with van der Waals surface area (Å²) >= 11 is 0. The van der Waals surface area contributed by atoms with Crippen molar-refractivity contribution < 1.29 is 14.3 Å². The van der Waals surface area contributed by atoms with Crippen LogP contribution in [0.5, 0.6) is 0 Å². The molecule has 0 bridgehead atoms. The van der Waals surface area contributed by atoms with Gasteiger partial charge in [-0.15, -0.1) is 0 Å². The Hall–Kier alpha value is -1.66. The van der Waals surface area contributed by atoms with Crippen molar-refractivity contribution in [2.45, 2.75) is 13.0 Å². The predicted molar refractivity (Wildman–Crippen MR) is 68.0 cm³/mol. The van der Waals surface area contributed by atoms with E-state index < -0.39 is 11.9 Å². The van der Waals surface area contributed by atoms with Crippen LogP contribution in [-0.4, -0.2) is 36.9 Å².